The molecular formula is C20H18N6O2. The molecule has 0 amide bonds. The molecule has 0 radical (unpaired) electrons. The third-order valence-electron chi connectivity index (χ3n) is 5.15. The Hall–Kier alpha value is -3.55. The second-order valence-corrected chi connectivity index (χ2v) is 7.15. The predicted octanol–water partition coefficient (Wildman–Crippen LogP) is 3.36. The van der Waals surface area contributed by atoms with E-state index in [-0.39, 0.29) is 6.79 Å². The highest BCUT2D eigenvalue weighted by molar-refractivity contribution is 5.74. The van der Waals surface area contributed by atoms with Crippen LogP contribution in [0.1, 0.15) is 30.0 Å². The minimum absolute atomic E-state index is 0.282. The van der Waals surface area contributed by atoms with Gasteiger partial charge in [-0.1, -0.05) is 6.07 Å². The maximum absolute atomic E-state index is 5.44. The van der Waals surface area contributed by atoms with Crippen LogP contribution in [0.4, 0.5) is 5.82 Å². The van der Waals surface area contributed by atoms with Crippen LogP contribution in [-0.2, 0) is 6.54 Å². The van der Waals surface area contributed by atoms with Crippen molar-refractivity contribution in [2.75, 3.05) is 12.1 Å². The van der Waals surface area contributed by atoms with Crippen LogP contribution in [0.5, 0.6) is 11.5 Å². The van der Waals surface area contributed by atoms with Gasteiger partial charge in [0.05, 0.1) is 0 Å². The van der Waals surface area contributed by atoms with Crippen LogP contribution in [0.3, 0.4) is 0 Å². The average molecular weight is 374 g/mol. The van der Waals surface area contributed by atoms with Gasteiger partial charge < -0.3 is 14.8 Å². The smallest absolute Gasteiger partial charge is 0.231 e. The summed E-state index contributed by atoms with van der Waals surface area (Å²) in [6, 6.07) is 11.9. The largest absolute Gasteiger partial charge is 0.454 e. The first-order valence-electron chi connectivity index (χ1n) is 9.36. The number of benzene rings is 1. The van der Waals surface area contributed by atoms with Gasteiger partial charge in [0.25, 0.3) is 0 Å². The van der Waals surface area contributed by atoms with E-state index in [0.717, 1.165) is 39.9 Å². The van der Waals surface area contributed by atoms with Crippen molar-refractivity contribution >= 4 is 17.0 Å². The number of H-pyrrole nitrogens is 1. The molecule has 0 spiro atoms. The summed E-state index contributed by atoms with van der Waals surface area (Å²) in [6.07, 6.45) is 4.24. The summed E-state index contributed by atoms with van der Waals surface area (Å²) in [5.41, 5.74) is 3.91. The van der Waals surface area contributed by atoms with Crippen molar-refractivity contribution in [1.82, 2.24) is 24.7 Å². The lowest BCUT2D eigenvalue weighted by Gasteiger charge is -2.07. The van der Waals surface area contributed by atoms with Crippen LogP contribution >= 0.6 is 0 Å². The highest BCUT2D eigenvalue weighted by Gasteiger charge is 2.26. The minimum atomic E-state index is 0.282. The Morgan fingerprint density at radius 3 is 2.96 bits per heavy atom. The molecule has 1 aliphatic heterocycles. The van der Waals surface area contributed by atoms with E-state index in [9.17, 15) is 0 Å². The predicted molar refractivity (Wildman–Crippen MR) is 103 cm³/mol. The summed E-state index contributed by atoms with van der Waals surface area (Å²) in [7, 11) is 0. The van der Waals surface area contributed by atoms with Crippen molar-refractivity contribution in [3.05, 3.63) is 54.0 Å². The topological polar surface area (TPSA) is 89.9 Å². The lowest BCUT2D eigenvalue weighted by Crippen LogP contribution is -2.02. The van der Waals surface area contributed by atoms with Crippen molar-refractivity contribution < 1.29 is 9.47 Å². The fourth-order valence-electron chi connectivity index (χ4n) is 3.46. The standard InChI is InChI=1S/C20H18N6O2/c1-5-16-17(28-11-27-16)7-12(1)9-21-18-6-4-14-20(23-18)26(10-22-14)19-8-15(24-25-19)13-2-3-13/h1,4-8,10,13H,2-3,9,11H2,(H,21,23)(H,24,25). The maximum Gasteiger partial charge on any atom is 0.231 e. The lowest BCUT2D eigenvalue weighted by atomic mass is 10.2. The zero-order valence-electron chi connectivity index (χ0n) is 15.1. The Balaban J connectivity index is 1.26. The Labute approximate surface area is 160 Å². The molecule has 8 nitrogen and oxygen atoms in total. The molecule has 0 unspecified atom stereocenters. The van der Waals surface area contributed by atoms with E-state index in [1.165, 1.54) is 18.5 Å². The van der Waals surface area contributed by atoms with Gasteiger partial charge in [-0.2, -0.15) is 5.10 Å². The number of imidazole rings is 1. The van der Waals surface area contributed by atoms with Crippen molar-refractivity contribution in [2.24, 2.45) is 0 Å². The van der Waals surface area contributed by atoms with Crippen molar-refractivity contribution in [3.8, 4) is 17.3 Å². The Bertz CT molecular complexity index is 1180. The third-order valence-corrected chi connectivity index (χ3v) is 5.15. The summed E-state index contributed by atoms with van der Waals surface area (Å²) in [5, 5.41) is 10.9. The first-order chi connectivity index (χ1) is 13.8. The summed E-state index contributed by atoms with van der Waals surface area (Å²) < 4.78 is 12.7. The first kappa shape index (κ1) is 15.5. The first-order valence-corrected chi connectivity index (χ1v) is 9.36. The van der Waals surface area contributed by atoms with Gasteiger partial charge in [-0.25, -0.2) is 9.97 Å². The van der Waals surface area contributed by atoms with Crippen molar-refractivity contribution in [2.45, 2.75) is 25.3 Å². The van der Waals surface area contributed by atoms with Crippen LogP contribution in [0.2, 0.25) is 0 Å². The number of fused-ring (bicyclic) bond motifs is 2. The van der Waals surface area contributed by atoms with Crippen LogP contribution < -0.4 is 14.8 Å². The number of nitrogens with one attached hydrogen (secondary N) is 2. The molecule has 4 aromatic rings. The van der Waals surface area contributed by atoms with Gasteiger partial charge in [0.15, 0.2) is 23.0 Å². The lowest BCUT2D eigenvalue weighted by molar-refractivity contribution is 0.174. The summed E-state index contributed by atoms with van der Waals surface area (Å²) in [4.78, 5) is 9.20. The summed E-state index contributed by atoms with van der Waals surface area (Å²) in [6.45, 7) is 0.918. The molecule has 28 heavy (non-hydrogen) atoms. The molecule has 0 saturated heterocycles. The number of nitrogens with zero attached hydrogens (tertiary/aromatic N) is 4. The fourth-order valence-corrected chi connectivity index (χ4v) is 3.46. The number of aromatic nitrogens is 5. The van der Waals surface area contributed by atoms with Gasteiger partial charge in [-0.15, -0.1) is 0 Å². The van der Waals surface area contributed by atoms with E-state index in [1.54, 1.807) is 6.33 Å². The highest BCUT2D eigenvalue weighted by Crippen LogP contribution is 2.39. The van der Waals surface area contributed by atoms with E-state index in [2.05, 4.69) is 26.6 Å². The third kappa shape index (κ3) is 2.65. The molecule has 3 aromatic heterocycles. The summed E-state index contributed by atoms with van der Waals surface area (Å²) in [5.74, 6) is 3.81. The molecule has 140 valence electrons. The van der Waals surface area contributed by atoms with Crippen molar-refractivity contribution in [1.29, 1.82) is 0 Å². The van der Waals surface area contributed by atoms with Gasteiger partial charge in [0, 0.05) is 24.2 Å². The molecular weight excluding hydrogens is 356 g/mol. The normalized spacial score (nSPS) is 15.3. The van der Waals surface area contributed by atoms with E-state index in [1.807, 2.05) is 34.9 Å². The highest BCUT2D eigenvalue weighted by atomic mass is 16.7. The van der Waals surface area contributed by atoms with E-state index >= 15 is 0 Å². The quantitative estimate of drug-likeness (QED) is 0.557. The second kappa shape index (κ2) is 5.98. The second-order valence-electron chi connectivity index (χ2n) is 7.15. The van der Waals surface area contributed by atoms with E-state index < -0.39 is 0 Å². The van der Waals surface area contributed by atoms with Crippen LogP contribution in [0, 0.1) is 0 Å². The number of hydrogen-bond acceptors (Lipinski definition) is 6. The summed E-state index contributed by atoms with van der Waals surface area (Å²) >= 11 is 0. The fraction of sp³-hybridized carbons (Fsp3) is 0.250. The number of pyridine rings is 1. The molecule has 2 aliphatic rings. The molecule has 2 N–H and O–H groups in total. The molecule has 6 rings (SSSR count). The van der Waals surface area contributed by atoms with Gasteiger partial charge in [0.1, 0.15) is 17.7 Å². The van der Waals surface area contributed by atoms with Crippen molar-refractivity contribution in [3.63, 3.8) is 0 Å². The zero-order valence-corrected chi connectivity index (χ0v) is 15.1. The monoisotopic (exact) mass is 374 g/mol. The van der Waals surface area contributed by atoms with Gasteiger partial charge in [-0.3, -0.25) is 9.67 Å². The average Bonchev–Trinajstić information content (AvgIpc) is 3.12. The van der Waals surface area contributed by atoms with Gasteiger partial charge in [-0.05, 0) is 42.7 Å². The number of aromatic amines is 1. The number of ether oxygens (including phenoxy) is 2. The maximum atomic E-state index is 5.44. The number of rotatable bonds is 5. The molecule has 0 bridgehead atoms. The van der Waals surface area contributed by atoms with Crippen LogP contribution in [0.25, 0.3) is 17.0 Å². The Morgan fingerprint density at radius 2 is 2.04 bits per heavy atom. The minimum Gasteiger partial charge on any atom is -0.454 e. The van der Waals surface area contributed by atoms with Gasteiger partial charge in [0.2, 0.25) is 6.79 Å². The molecule has 1 fully saturated rings. The molecule has 4 heterocycles. The molecule has 8 heteroatoms. The van der Waals surface area contributed by atoms with Gasteiger partial charge >= 0.3 is 0 Å². The molecule has 1 saturated carbocycles. The Morgan fingerprint density at radius 1 is 1.11 bits per heavy atom. The van der Waals surface area contributed by atoms with Crippen LogP contribution in [-0.4, -0.2) is 31.5 Å². The molecule has 1 aliphatic carbocycles. The Kier molecular flexibility index (Phi) is 3.31. The molecule has 0 atom stereocenters. The van der Waals surface area contributed by atoms with E-state index in [0.29, 0.717) is 12.5 Å². The number of hydrogen-bond donors (Lipinski definition) is 2. The molecule has 1 aromatic carbocycles. The SMILES string of the molecule is c1cc2c(cc1CNc1ccc3ncn(-c4cc(C5CC5)[nH]n4)c3n1)OCO2. The van der Waals surface area contributed by atoms with E-state index in [4.69, 9.17) is 14.5 Å². The van der Waals surface area contributed by atoms with Crippen LogP contribution in [0.15, 0.2) is 42.7 Å². The number of anilines is 1. The zero-order chi connectivity index (χ0) is 18.5.